The van der Waals surface area contributed by atoms with Crippen molar-refractivity contribution in [2.45, 2.75) is 13.3 Å². The second-order valence-electron chi connectivity index (χ2n) is 5.83. The van der Waals surface area contributed by atoms with Gasteiger partial charge in [-0.3, -0.25) is 9.59 Å². The van der Waals surface area contributed by atoms with Gasteiger partial charge < -0.3 is 19.8 Å². The van der Waals surface area contributed by atoms with E-state index in [0.717, 1.165) is 17.4 Å². The predicted molar refractivity (Wildman–Crippen MR) is 101 cm³/mol. The average Bonchev–Trinajstić information content (AvgIpc) is 2.66. The minimum atomic E-state index is -0.296. The van der Waals surface area contributed by atoms with Gasteiger partial charge in [-0.1, -0.05) is 13.0 Å². The van der Waals surface area contributed by atoms with E-state index in [-0.39, 0.29) is 11.5 Å². The van der Waals surface area contributed by atoms with Crippen LogP contribution in [0.15, 0.2) is 47.3 Å². The molecule has 1 heterocycles. The molecule has 3 rings (SSSR count). The van der Waals surface area contributed by atoms with E-state index < -0.39 is 0 Å². The van der Waals surface area contributed by atoms with Crippen molar-refractivity contribution in [1.29, 1.82) is 0 Å². The zero-order valence-electron chi connectivity index (χ0n) is 14.9. The molecule has 1 aromatic heterocycles. The van der Waals surface area contributed by atoms with E-state index in [2.05, 4.69) is 10.3 Å². The molecule has 0 bridgehead atoms. The van der Waals surface area contributed by atoms with E-state index in [1.54, 1.807) is 30.3 Å². The number of benzene rings is 2. The topological polar surface area (TPSA) is 80.4 Å². The van der Waals surface area contributed by atoms with Gasteiger partial charge in [-0.2, -0.15) is 0 Å². The summed E-state index contributed by atoms with van der Waals surface area (Å²) in [5, 5.41) is 3.80. The largest absolute Gasteiger partial charge is 0.497 e. The maximum Gasteiger partial charge on any atom is 0.255 e. The molecule has 0 spiro atoms. The SMILES string of the molecule is CCc1cc(=O)[nH]c2cc(NC(=O)c3cc(OC)cc(OC)c3)ccc12. The first-order valence-corrected chi connectivity index (χ1v) is 8.24. The number of hydrogen-bond acceptors (Lipinski definition) is 4. The van der Waals surface area contributed by atoms with Gasteiger partial charge in [0.25, 0.3) is 5.91 Å². The highest BCUT2D eigenvalue weighted by Crippen LogP contribution is 2.24. The standard InChI is InChI=1S/C20H20N2O4/c1-4-12-9-19(23)22-18-10-14(5-6-17(12)18)21-20(24)13-7-15(25-2)11-16(8-13)26-3/h5-11H,4H2,1-3H3,(H,21,24)(H,22,23). The number of carbonyl (C=O) groups is 1. The Kier molecular flexibility index (Phi) is 4.93. The molecule has 0 unspecified atom stereocenters. The molecule has 0 fully saturated rings. The van der Waals surface area contributed by atoms with Crippen LogP contribution in [0, 0.1) is 0 Å². The molecule has 2 N–H and O–H groups in total. The van der Waals surface area contributed by atoms with Gasteiger partial charge in [-0.05, 0) is 36.2 Å². The Morgan fingerprint density at radius 3 is 2.35 bits per heavy atom. The Morgan fingerprint density at radius 2 is 1.73 bits per heavy atom. The highest BCUT2D eigenvalue weighted by Gasteiger charge is 2.11. The molecule has 0 aliphatic carbocycles. The molecule has 0 saturated heterocycles. The van der Waals surface area contributed by atoms with Gasteiger partial charge >= 0.3 is 0 Å². The highest BCUT2D eigenvalue weighted by atomic mass is 16.5. The monoisotopic (exact) mass is 352 g/mol. The maximum atomic E-state index is 12.6. The van der Waals surface area contributed by atoms with Gasteiger partial charge in [0.2, 0.25) is 5.56 Å². The van der Waals surface area contributed by atoms with E-state index >= 15 is 0 Å². The summed E-state index contributed by atoms with van der Waals surface area (Å²) in [6, 6.07) is 12.0. The first-order chi connectivity index (χ1) is 12.5. The lowest BCUT2D eigenvalue weighted by Crippen LogP contribution is -2.13. The number of nitrogens with one attached hydrogen (secondary N) is 2. The Balaban J connectivity index is 1.93. The van der Waals surface area contributed by atoms with Crippen LogP contribution in [-0.2, 0) is 6.42 Å². The Hall–Kier alpha value is -3.28. The number of carbonyl (C=O) groups excluding carboxylic acids is 1. The fourth-order valence-corrected chi connectivity index (χ4v) is 2.84. The first-order valence-electron chi connectivity index (χ1n) is 8.24. The third-order valence-electron chi connectivity index (χ3n) is 4.18. The third-order valence-corrected chi connectivity index (χ3v) is 4.18. The van der Waals surface area contributed by atoms with Crippen LogP contribution in [-0.4, -0.2) is 25.1 Å². The minimum Gasteiger partial charge on any atom is -0.497 e. The van der Waals surface area contributed by atoms with Gasteiger partial charge in [0.15, 0.2) is 0 Å². The molecule has 0 aliphatic heterocycles. The molecule has 0 saturated carbocycles. The number of ether oxygens (including phenoxy) is 2. The molecule has 0 aliphatic rings. The van der Waals surface area contributed by atoms with E-state index in [4.69, 9.17) is 9.47 Å². The number of rotatable bonds is 5. The van der Waals surface area contributed by atoms with Crippen LogP contribution in [0.25, 0.3) is 10.9 Å². The summed E-state index contributed by atoms with van der Waals surface area (Å²) in [5.41, 5.74) is 2.51. The van der Waals surface area contributed by atoms with Gasteiger partial charge in [0, 0.05) is 28.8 Å². The quantitative estimate of drug-likeness (QED) is 0.738. The molecular formula is C20H20N2O4. The zero-order chi connectivity index (χ0) is 18.7. The molecule has 0 atom stereocenters. The molecule has 3 aromatic rings. The van der Waals surface area contributed by atoms with Gasteiger partial charge in [0.1, 0.15) is 11.5 Å². The molecule has 6 heteroatoms. The number of aryl methyl sites for hydroxylation is 1. The lowest BCUT2D eigenvalue weighted by atomic mass is 10.1. The number of aromatic nitrogens is 1. The summed E-state index contributed by atoms with van der Waals surface area (Å²) >= 11 is 0. The van der Waals surface area contributed by atoms with Crippen molar-refractivity contribution >= 4 is 22.5 Å². The van der Waals surface area contributed by atoms with Gasteiger partial charge in [0.05, 0.1) is 19.7 Å². The number of aromatic amines is 1. The fourth-order valence-electron chi connectivity index (χ4n) is 2.84. The van der Waals surface area contributed by atoms with Crippen LogP contribution in [0.3, 0.4) is 0 Å². The first kappa shape index (κ1) is 17.5. The van der Waals surface area contributed by atoms with Crippen LogP contribution in [0.5, 0.6) is 11.5 Å². The summed E-state index contributed by atoms with van der Waals surface area (Å²) in [6.07, 6.45) is 0.760. The summed E-state index contributed by atoms with van der Waals surface area (Å²) < 4.78 is 10.4. The van der Waals surface area contributed by atoms with Gasteiger partial charge in [-0.15, -0.1) is 0 Å². The van der Waals surface area contributed by atoms with Crippen molar-refractivity contribution in [3.63, 3.8) is 0 Å². The highest BCUT2D eigenvalue weighted by molar-refractivity contribution is 6.05. The van der Waals surface area contributed by atoms with Crippen molar-refractivity contribution in [1.82, 2.24) is 4.98 Å². The van der Waals surface area contributed by atoms with Crippen LogP contribution in [0.4, 0.5) is 5.69 Å². The summed E-state index contributed by atoms with van der Waals surface area (Å²) in [4.78, 5) is 27.2. The van der Waals surface area contributed by atoms with Crippen molar-refractivity contribution in [2.75, 3.05) is 19.5 Å². The third kappa shape index (κ3) is 3.54. The average molecular weight is 352 g/mol. The predicted octanol–water partition coefficient (Wildman–Crippen LogP) is 3.36. The molecule has 2 aromatic carbocycles. The molecule has 0 radical (unpaired) electrons. The van der Waals surface area contributed by atoms with Crippen LogP contribution < -0.4 is 20.3 Å². The van der Waals surface area contributed by atoms with E-state index in [9.17, 15) is 9.59 Å². The Labute approximate surface area is 150 Å². The number of amides is 1. The number of fused-ring (bicyclic) bond motifs is 1. The smallest absolute Gasteiger partial charge is 0.255 e. The second-order valence-corrected chi connectivity index (χ2v) is 5.83. The molecule has 134 valence electrons. The van der Waals surface area contributed by atoms with E-state index in [1.807, 2.05) is 19.1 Å². The van der Waals surface area contributed by atoms with Crippen LogP contribution >= 0.6 is 0 Å². The summed E-state index contributed by atoms with van der Waals surface area (Å²) in [5.74, 6) is 0.769. The molecular weight excluding hydrogens is 332 g/mol. The summed E-state index contributed by atoms with van der Waals surface area (Å²) in [7, 11) is 3.06. The van der Waals surface area contributed by atoms with Crippen LogP contribution in [0.2, 0.25) is 0 Å². The second kappa shape index (κ2) is 7.31. The van der Waals surface area contributed by atoms with Gasteiger partial charge in [-0.25, -0.2) is 0 Å². The number of anilines is 1. The van der Waals surface area contributed by atoms with E-state index in [0.29, 0.717) is 28.3 Å². The van der Waals surface area contributed by atoms with Crippen molar-refractivity contribution in [3.05, 3.63) is 63.9 Å². The number of pyridine rings is 1. The van der Waals surface area contributed by atoms with Crippen molar-refractivity contribution in [2.24, 2.45) is 0 Å². The minimum absolute atomic E-state index is 0.157. The lowest BCUT2D eigenvalue weighted by Gasteiger charge is -2.10. The zero-order valence-corrected chi connectivity index (χ0v) is 14.9. The molecule has 1 amide bonds. The Morgan fingerprint density at radius 1 is 1.04 bits per heavy atom. The van der Waals surface area contributed by atoms with E-state index in [1.165, 1.54) is 14.2 Å². The molecule has 6 nitrogen and oxygen atoms in total. The molecule has 26 heavy (non-hydrogen) atoms. The number of methoxy groups -OCH3 is 2. The maximum absolute atomic E-state index is 12.6. The van der Waals surface area contributed by atoms with Crippen LogP contribution in [0.1, 0.15) is 22.8 Å². The van der Waals surface area contributed by atoms with Crippen molar-refractivity contribution < 1.29 is 14.3 Å². The normalized spacial score (nSPS) is 10.6. The Bertz CT molecular complexity index is 1000. The number of hydrogen-bond donors (Lipinski definition) is 2. The fraction of sp³-hybridized carbons (Fsp3) is 0.200. The lowest BCUT2D eigenvalue weighted by molar-refractivity contribution is 0.102. The van der Waals surface area contributed by atoms with Crippen molar-refractivity contribution in [3.8, 4) is 11.5 Å². The summed E-state index contributed by atoms with van der Waals surface area (Å²) in [6.45, 7) is 2.00. The number of H-pyrrole nitrogens is 1.